The summed E-state index contributed by atoms with van der Waals surface area (Å²) in [6.45, 7) is 1.68. The minimum Gasteiger partial charge on any atom is -0.381 e. The Morgan fingerprint density at radius 3 is 2.88 bits per heavy atom. The van der Waals surface area contributed by atoms with E-state index in [0.717, 1.165) is 36.8 Å². The summed E-state index contributed by atoms with van der Waals surface area (Å²) >= 11 is 6.18. The van der Waals surface area contributed by atoms with Crippen LogP contribution in [0.25, 0.3) is 0 Å². The van der Waals surface area contributed by atoms with Crippen LogP contribution in [-0.2, 0) is 4.74 Å². The molecule has 1 aliphatic rings. The van der Waals surface area contributed by atoms with E-state index in [1.165, 1.54) is 0 Å². The van der Waals surface area contributed by atoms with E-state index in [-0.39, 0.29) is 6.04 Å². The minimum atomic E-state index is 0.234. The first kappa shape index (κ1) is 11.8. The van der Waals surface area contributed by atoms with Gasteiger partial charge in [0.25, 0.3) is 0 Å². The quantitative estimate of drug-likeness (QED) is 0.881. The normalized spacial score (nSPS) is 19.6. The average Bonchev–Trinajstić information content (AvgIpc) is 2.34. The molecular weight excluding hydrogens is 224 g/mol. The highest BCUT2D eigenvalue weighted by Gasteiger charge is 2.26. The van der Waals surface area contributed by atoms with Crippen LogP contribution in [0, 0.1) is 5.92 Å². The van der Waals surface area contributed by atoms with Crippen molar-refractivity contribution in [2.75, 3.05) is 20.3 Å². The SMILES string of the molecule is CNC(c1ncccc1Cl)C1CCOCC1. The summed E-state index contributed by atoms with van der Waals surface area (Å²) in [7, 11) is 1.96. The molecular formula is C12H17ClN2O. The zero-order chi connectivity index (χ0) is 11.4. The molecule has 88 valence electrons. The Kier molecular flexibility index (Phi) is 4.16. The molecule has 1 aromatic rings. The molecule has 0 spiro atoms. The van der Waals surface area contributed by atoms with E-state index in [1.807, 2.05) is 19.2 Å². The second-order valence-electron chi connectivity index (χ2n) is 4.09. The second-order valence-corrected chi connectivity index (χ2v) is 4.49. The Labute approximate surface area is 101 Å². The molecule has 4 heteroatoms. The van der Waals surface area contributed by atoms with Crippen LogP contribution in [0.15, 0.2) is 18.3 Å². The Bertz CT molecular complexity index is 340. The fraction of sp³-hybridized carbons (Fsp3) is 0.583. The van der Waals surface area contributed by atoms with Gasteiger partial charge in [-0.25, -0.2) is 0 Å². The fourth-order valence-corrected chi connectivity index (χ4v) is 2.51. The summed E-state index contributed by atoms with van der Waals surface area (Å²) < 4.78 is 5.38. The van der Waals surface area contributed by atoms with E-state index >= 15 is 0 Å². The van der Waals surface area contributed by atoms with Crippen LogP contribution in [0.5, 0.6) is 0 Å². The summed E-state index contributed by atoms with van der Waals surface area (Å²) in [5.41, 5.74) is 0.957. The molecule has 16 heavy (non-hydrogen) atoms. The Morgan fingerprint density at radius 1 is 1.50 bits per heavy atom. The van der Waals surface area contributed by atoms with Gasteiger partial charge < -0.3 is 10.1 Å². The lowest BCUT2D eigenvalue weighted by atomic mass is 9.89. The molecule has 2 rings (SSSR count). The molecule has 1 fully saturated rings. The van der Waals surface area contributed by atoms with Crippen LogP contribution in [0.4, 0.5) is 0 Å². The van der Waals surface area contributed by atoms with Crippen molar-refractivity contribution in [3.63, 3.8) is 0 Å². The van der Waals surface area contributed by atoms with Gasteiger partial charge in [-0.15, -0.1) is 0 Å². The molecule has 0 amide bonds. The summed E-state index contributed by atoms with van der Waals surface area (Å²) in [5, 5.41) is 4.07. The van der Waals surface area contributed by atoms with E-state index < -0.39 is 0 Å². The molecule has 0 aliphatic carbocycles. The Balaban J connectivity index is 2.18. The first-order valence-corrected chi connectivity index (χ1v) is 6.06. The molecule has 1 saturated heterocycles. The predicted octanol–water partition coefficient (Wildman–Crippen LogP) is 2.42. The number of nitrogens with one attached hydrogen (secondary N) is 1. The molecule has 1 unspecified atom stereocenters. The Hall–Kier alpha value is -0.640. The maximum Gasteiger partial charge on any atom is 0.0761 e. The van der Waals surface area contributed by atoms with E-state index in [9.17, 15) is 0 Å². The molecule has 1 aliphatic heterocycles. The number of nitrogens with zero attached hydrogens (tertiary/aromatic N) is 1. The highest BCUT2D eigenvalue weighted by atomic mass is 35.5. The standard InChI is InChI=1S/C12H17ClN2O/c1-14-11(9-4-7-16-8-5-9)12-10(13)3-2-6-15-12/h2-3,6,9,11,14H,4-5,7-8H2,1H3. The zero-order valence-corrected chi connectivity index (χ0v) is 10.2. The summed E-state index contributed by atoms with van der Waals surface area (Å²) in [6.07, 6.45) is 3.93. The van der Waals surface area contributed by atoms with Gasteiger partial charge in [-0.3, -0.25) is 4.98 Å². The van der Waals surface area contributed by atoms with Gasteiger partial charge in [-0.1, -0.05) is 11.6 Å². The summed E-state index contributed by atoms with van der Waals surface area (Å²) in [5.74, 6) is 0.561. The third-order valence-corrected chi connectivity index (χ3v) is 3.45. The average molecular weight is 241 g/mol. The first-order chi connectivity index (χ1) is 7.83. The smallest absolute Gasteiger partial charge is 0.0761 e. The van der Waals surface area contributed by atoms with E-state index in [0.29, 0.717) is 5.92 Å². The van der Waals surface area contributed by atoms with Crippen molar-refractivity contribution in [1.29, 1.82) is 0 Å². The lowest BCUT2D eigenvalue weighted by Crippen LogP contribution is -2.30. The number of ether oxygens (including phenoxy) is 1. The third-order valence-electron chi connectivity index (χ3n) is 3.13. The van der Waals surface area contributed by atoms with Gasteiger partial charge in [0, 0.05) is 19.4 Å². The zero-order valence-electron chi connectivity index (χ0n) is 9.45. The Morgan fingerprint density at radius 2 is 2.25 bits per heavy atom. The van der Waals surface area contributed by atoms with Gasteiger partial charge in [0.05, 0.1) is 16.8 Å². The predicted molar refractivity (Wildman–Crippen MR) is 64.6 cm³/mol. The van der Waals surface area contributed by atoms with Crippen molar-refractivity contribution < 1.29 is 4.74 Å². The van der Waals surface area contributed by atoms with E-state index in [4.69, 9.17) is 16.3 Å². The van der Waals surface area contributed by atoms with Crippen molar-refractivity contribution >= 4 is 11.6 Å². The van der Waals surface area contributed by atoms with Crippen LogP contribution in [-0.4, -0.2) is 25.2 Å². The molecule has 2 heterocycles. The summed E-state index contributed by atoms with van der Waals surface area (Å²) in [4.78, 5) is 4.39. The van der Waals surface area contributed by atoms with Crippen molar-refractivity contribution in [1.82, 2.24) is 10.3 Å². The van der Waals surface area contributed by atoms with Crippen LogP contribution in [0.3, 0.4) is 0 Å². The molecule has 0 radical (unpaired) electrons. The molecule has 1 aromatic heterocycles. The minimum absolute atomic E-state index is 0.234. The van der Waals surface area contributed by atoms with Crippen LogP contribution in [0.2, 0.25) is 5.02 Å². The number of aromatic nitrogens is 1. The second kappa shape index (κ2) is 5.62. The van der Waals surface area contributed by atoms with Gasteiger partial charge in [0.2, 0.25) is 0 Å². The largest absolute Gasteiger partial charge is 0.381 e. The maximum absolute atomic E-state index is 6.18. The molecule has 0 saturated carbocycles. The molecule has 1 N–H and O–H groups in total. The lowest BCUT2D eigenvalue weighted by molar-refractivity contribution is 0.0541. The van der Waals surface area contributed by atoms with Crippen molar-refractivity contribution in [2.45, 2.75) is 18.9 Å². The van der Waals surface area contributed by atoms with Gasteiger partial charge in [-0.2, -0.15) is 0 Å². The topological polar surface area (TPSA) is 34.2 Å². The monoisotopic (exact) mass is 240 g/mol. The highest BCUT2D eigenvalue weighted by Crippen LogP contribution is 2.31. The fourth-order valence-electron chi connectivity index (χ4n) is 2.27. The maximum atomic E-state index is 6.18. The van der Waals surface area contributed by atoms with Gasteiger partial charge in [0.1, 0.15) is 0 Å². The number of halogens is 1. The van der Waals surface area contributed by atoms with Gasteiger partial charge in [-0.05, 0) is 37.9 Å². The number of hydrogen-bond acceptors (Lipinski definition) is 3. The van der Waals surface area contributed by atoms with Gasteiger partial charge in [0.15, 0.2) is 0 Å². The van der Waals surface area contributed by atoms with Crippen LogP contribution < -0.4 is 5.32 Å². The van der Waals surface area contributed by atoms with E-state index in [2.05, 4.69) is 10.3 Å². The van der Waals surface area contributed by atoms with E-state index in [1.54, 1.807) is 6.20 Å². The van der Waals surface area contributed by atoms with Gasteiger partial charge >= 0.3 is 0 Å². The lowest BCUT2D eigenvalue weighted by Gasteiger charge is -2.30. The molecule has 0 aromatic carbocycles. The third kappa shape index (κ3) is 2.54. The van der Waals surface area contributed by atoms with Crippen molar-refractivity contribution in [3.8, 4) is 0 Å². The molecule has 3 nitrogen and oxygen atoms in total. The number of hydrogen-bond donors (Lipinski definition) is 1. The van der Waals surface area contributed by atoms with Crippen LogP contribution in [0.1, 0.15) is 24.6 Å². The number of pyridine rings is 1. The summed E-state index contributed by atoms with van der Waals surface area (Å²) in [6, 6.07) is 3.99. The number of rotatable bonds is 3. The first-order valence-electron chi connectivity index (χ1n) is 5.68. The van der Waals surface area contributed by atoms with Crippen molar-refractivity contribution in [3.05, 3.63) is 29.0 Å². The molecule has 1 atom stereocenters. The van der Waals surface area contributed by atoms with Crippen LogP contribution >= 0.6 is 11.6 Å². The van der Waals surface area contributed by atoms with Crippen molar-refractivity contribution in [2.24, 2.45) is 5.92 Å². The highest BCUT2D eigenvalue weighted by molar-refractivity contribution is 6.31. The molecule has 0 bridgehead atoms.